The first kappa shape index (κ1) is 14.8. The number of nitrogens with one attached hydrogen (secondary N) is 1. The predicted molar refractivity (Wildman–Crippen MR) is 69.5 cm³/mol. The van der Waals surface area contributed by atoms with E-state index in [-0.39, 0.29) is 11.4 Å². The Morgan fingerprint density at radius 2 is 2.06 bits per heavy atom. The number of carboxylic acids is 1. The Hall–Kier alpha value is -1.26. The molecule has 0 bridgehead atoms. The summed E-state index contributed by atoms with van der Waals surface area (Å²) in [6.45, 7) is 9.08. The highest BCUT2D eigenvalue weighted by atomic mass is 16.4. The lowest BCUT2D eigenvalue weighted by Gasteiger charge is -2.29. The van der Waals surface area contributed by atoms with Crippen LogP contribution in [0.4, 0.5) is 4.79 Å². The molecule has 1 aliphatic heterocycles. The van der Waals surface area contributed by atoms with Gasteiger partial charge >= 0.3 is 12.0 Å². The van der Waals surface area contributed by atoms with E-state index in [0.717, 1.165) is 6.42 Å². The molecule has 18 heavy (non-hydrogen) atoms. The van der Waals surface area contributed by atoms with Gasteiger partial charge in [-0.05, 0) is 25.2 Å². The predicted octanol–water partition coefficient (Wildman–Crippen LogP) is 2.07. The molecule has 1 fully saturated rings. The fourth-order valence-electron chi connectivity index (χ4n) is 2.32. The van der Waals surface area contributed by atoms with Crippen molar-refractivity contribution in [2.45, 2.75) is 52.5 Å². The summed E-state index contributed by atoms with van der Waals surface area (Å²) in [6, 6.07) is -0.265. The summed E-state index contributed by atoms with van der Waals surface area (Å²) >= 11 is 0. The lowest BCUT2D eigenvalue weighted by Crippen LogP contribution is -2.55. The molecule has 0 aromatic rings. The van der Waals surface area contributed by atoms with Crippen molar-refractivity contribution in [3.05, 3.63) is 0 Å². The van der Waals surface area contributed by atoms with E-state index in [2.05, 4.69) is 19.2 Å². The third-order valence-electron chi connectivity index (χ3n) is 3.57. The van der Waals surface area contributed by atoms with Crippen LogP contribution in [0.15, 0.2) is 0 Å². The highest BCUT2D eigenvalue weighted by Gasteiger charge is 2.38. The van der Waals surface area contributed by atoms with Gasteiger partial charge in [0.05, 0.1) is 0 Å². The Kier molecular flexibility index (Phi) is 4.24. The zero-order chi connectivity index (χ0) is 14.0. The fourth-order valence-corrected chi connectivity index (χ4v) is 2.32. The third-order valence-corrected chi connectivity index (χ3v) is 3.57. The number of carbonyl (C=O) groups is 2. The molecular weight excluding hydrogens is 232 g/mol. The molecule has 5 nitrogen and oxygen atoms in total. The van der Waals surface area contributed by atoms with Crippen molar-refractivity contribution < 1.29 is 14.7 Å². The van der Waals surface area contributed by atoms with Gasteiger partial charge in [0.25, 0.3) is 0 Å². The molecule has 1 saturated heterocycles. The summed E-state index contributed by atoms with van der Waals surface area (Å²) in [5, 5.41) is 11.9. The molecule has 0 aliphatic carbocycles. The largest absolute Gasteiger partial charge is 0.480 e. The van der Waals surface area contributed by atoms with Gasteiger partial charge in [-0.2, -0.15) is 0 Å². The highest BCUT2D eigenvalue weighted by molar-refractivity contribution is 5.86. The lowest BCUT2D eigenvalue weighted by molar-refractivity contribution is -0.144. The van der Waals surface area contributed by atoms with E-state index in [9.17, 15) is 14.7 Å². The Labute approximate surface area is 109 Å². The second kappa shape index (κ2) is 5.16. The molecule has 0 radical (unpaired) electrons. The molecule has 1 unspecified atom stereocenters. The van der Waals surface area contributed by atoms with E-state index >= 15 is 0 Å². The Balaban J connectivity index is 2.66. The van der Waals surface area contributed by atoms with Crippen molar-refractivity contribution in [3.8, 4) is 0 Å². The molecule has 1 rings (SSSR count). The third kappa shape index (κ3) is 3.37. The number of nitrogens with zero attached hydrogens (tertiary/aromatic N) is 1. The van der Waals surface area contributed by atoms with E-state index in [1.54, 1.807) is 11.8 Å². The number of aliphatic carboxylic acids is 1. The normalized spacial score (nSPS) is 21.4. The van der Waals surface area contributed by atoms with Crippen molar-refractivity contribution in [2.75, 3.05) is 13.1 Å². The van der Waals surface area contributed by atoms with Crippen molar-refractivity contribution in [2.24, 2.45) is 5.41 Å². The molecule has 2 amide bonds. The molecule has 0 aromatic carbocycles. The zero-order valence-corrected chi connectivity index (χ0v) is 11.7. The second-order valence-electron chi connectivity index (χ2n) is 6.15. The molecule has 2 N–H and O–H groups in total. The number of carboxylic acid groups (broad SMARTS) is 1. The van der Waals surface area contributed by atoms with Gasteiger partial charge in [-0.15, -0.1) is 0 Å². The quantitative estimate of drug-likeness (QED) is 0.809. The standard InChI is InChI=1S/C13H24N2O3/c1-5-6-13(4,10(16)17)14-11(18)15-8-7-12(2,3)9-15/h5-9H2,1-4H3,(H,14,18)(H,16,17). The van der Waals surface area contributed by atoms with Crippen LogP contribution in [0.25, 0.3) is 0 Å². The summed E-state index contributed by atoms with van der Waals surface area (Å²) in [7, 11) is 0. The number of amides is 2. The van der Waals surface area contributed by atoms with Gasteiger partial charge in [-0.25, -0.2) is 9.59 Å². The fraction of sp³-hybridized carbons (Fsp3) is 0.846. The van der Waals surface area contributed by atoms with Gasteiger partial charge in [0.2, 0.25) is 0 Å². The van der Waals surface area contributed by atoms with Crippen molar-refractivity contribution in [1.29, 1.82) is 0 Å². The average molecular weight is 256 g/mol. The monoisotopic (exact) mass is 256 g/mol. The SMILES string of the molecule is CCCC(C)(NC(=O)N1CCC(C)(C)C1)C(=O)O. The Bertz CT molecular complexity index is 341. The molecule has 0 aromatic heterocycles. The number of likely N-dealkylation sites (tertiary alicyclic amines) is 1. The summed E-state index contributed by atoms with van der Waals surface area (Å²) < 4.78 is 0. The van der Waals surface area contributed by atoms with Gasteiger partial charge in [-0.1, -0.05) is 27.2 Å². The van der Waals surface area contributed by atoms with Gasteiger partial charge in [0.15, 0.2) is 0 Å². The number of rotatable bonds is 4. The van der Waals surface area contributed by atoms with Crippen LogP contribution in [0.3, 0.4) is 0 Å². The van der Waals surface area contributed by atoms with Crippen LogP contribution in [-0.4, -0.2) is 40.6 Å². The summed E-state index contributed by atoms with van der Waals surface area (Å²) in [5.41, 5.74) is -1.04. The first-order valence-electron chi connectivity index (χ1n) is 6.51. The molecule has 0 spiro atoms. The van der Waals surface area contributed by atoms with E-state index in [1.165, 1.54) is 0 Å². The van der Waals surface area contributed by atoms with E-state index in [1.807, 2.05) is 6.92 Å². The van der Waals surface area contributed by atoms with Crippen molar-refractivity contribution in [3.63, 3.8) is 0 Å². The average Bonchev–Trinajstić information content (AvgIpc) is 2.59. The highest BCUT2D eigenvalue weighted by Crippen LogP contribution is 2.29. The number of urea groups is 1. The molecule has 1 atom stereocenters. The minimum absolute atomic E-state index is 0.127. The summed E-state index contributed by atoms with van der Waals surface area (Å²) in [4.78, 5) is 25.0. The van der Waals surface area contributed by atoms with Crippen LogP contribution in [0.2, 0.25) is 0 Å². The van der Waals surface area contributed by atoms with Crippen molar-refractivity contribution >= 4 is 12.0 Å². The molecular formula is C13H24N2O3. The van der Waals surface area contributed by atoms with Crippen LogP contribution in [0.1, 0.15) is 47.0 Å². The van der Waals surface area contributed by atoms with Crippen LogP contribution < -0.4 is 5.32 Å². The van der Waals surface area contributed by atoms with Gasteiger partial charge in [-0.3, -0.25) is 0 Å². The van der Waals surface area contributed by atoms with E-state index in [4.69, 9.17) is 0 Å². The first-order valence-corrected chi connectivity index (χ1v) is 6.51. The van der Waals surface area contributed by atoms with E-state index < -0.39 is 11.5 Å². The minimum atomic E-state index is -1.17. The smallest absolute Gasteiger partial charge is 0.329 e. The maximum atomic E-state index is 12.1. The zero-order valence-electron chi connectivity index (χ0n) is 11.7. The van der Waals surface area contributed by atoms with Crippen molar-refractivity contribution in [1.82, 2.24) is 10.2 Å². The number of carbonyl (C=O) groups excluding carboxylic acids is 1. The second-order valence-corrected chi connectivity index (χ2v) is 6.15. The van der Waals surface area contributed by atoms with Crippen LogP contribution >= 0.6 is 0 Å². The molecule has 1 heterocycles. The Morgan fingerprint density at radius 3 is 2.44 bits per heavy atom. The topological polar surface area (TPSA) is 69.6 Å². The minimum Gasteiger partial charge on any atom is -0.480 e. The summed E-state index contributed by atoms with van der Waals surface area (Å²) in [5.74, 6) is -0.976. The molecule has 1 aliphatic rings. The van der Waals surface area contributed by atoms with Crippen LogP contribution in [0.5, 0.6) is 0 Å². The van der Waals surface area contributed by atoms with Gasteiger partial charge in [0.1, 0.15) is 5.54 Å². The van der Waals surface area contributed by atoms with E-state index in [0.29, 0.717) is 25.9 Å². The lowest BCUT2D eigenvalue weighted by atomic mass is 9.93. The van der Waals surface area contributed by atoms with Crippen LogP contribution in [0, 0.1) is 5.41 Å². The molecule has 104 valence electrons. The summed E-state index contributed by atoms with van der Waals surface area (Å²) in [6.07, 6.45) is 2.11. The number of hydrogen-bond acceptors (Lipinski definition) is 2. The molecule has 0 saturated carbocycles. The van der Waals surface area contributed by atoms with Gasteiger partial charge < -0.3 is 15.3 Å². The maximum absolute atomic E-state index is 12.1. The van der Waals surface area contributed by atoms with Crippen LogP contribution in [-0.2, 0) is 4.79 Å². The number of hydrogen-bond donors (Lipinski definition) is 2. The Morgan fingerprint density at radius 1 is 1.44 bits per heavy atom. The molecule has 5 heteroatoms. The maximum Gasteiger partial charge on any atom is 0.329 e. The van der Waals surface area contributed by atoms with Gasteiger partial charge in [0, 0.05) is 13.1 Å². The first-order chi connectivity index (χ1) is 8.20.